The SMILES string of the molecule is CCCC1COC(c2cc(F)c(C#Cc3ccc(Cl)c(F)c3)c(F)c2)OC1. The Hall–Kier alpha value is -2.00. The Bertz CT molecular complexity index is 858. The van der Waals surface area contributed by atoms with Crippen LogP contribution in [0.5, 0.6) is 0 Å². The van der Waals surface area contributed by atoms with Crippen LogP contribution < -0.4 is 0 Å². The molecule has 0 saturated carbocycles. The molecule has 1 heterocycles. The smallest absolute Gasteiger partial charge is 0.184 e. The number of benzene rings is 2. The van der Waals surface area contributed by atoms with Gasteiger partial charge in [0.05, 0.1) is 23.8 Å². The lowest BCUT2D eigenvalue weighted by molar-refractivity contribution is -0.206. The number of ether oxygens (including phenoxy) is 2. The molecule has 3 rings (SSSR count). The van der Waals surface area contributed by atoms with Gasteiger partial charge in [-0.05, 0) is 36.8 Å². The summed E-state index contributed by atoms with van der Waals surface area (Å²) < 4.78 is 53.3. The molecule has 6 heteroatoms. The first kappa shape index (κ1) is 19.8. The van der Waals surface area contributed by atoms with E-state index in [0.717, 1.165) is 31.0 Å². The minimum absolute atomic E-state index is 0.0454. The first-order valence-electron chi connectivity index (χ1n) is 8.67. The highest BCUT2D eigenvalue weighted by Crippen LogP contribution is 2.29. The van der Waals surface area contributed by atoms with Crippen LogP contribution in [0.4, 0.5) is 13.2 Å². The Kier molecular flexibility index (Phi) is 6.43. The maximum Gasteiger partial charge on any atom is 0.184 e. The molecule has 0 unspecified atom stereocenters. The minimum atomic E-state index is -0.824. The van der Waals surface area contributed by atoms with Gasteiger partial charge in [0.1, 0.15) is 17.5 Å². The molecule has 142 valence electrons. The fourth-order valence-electron chi connectivity index (χ4n) is 2.87. The summed E-state index contributed by atoms with van der Waals surface area (Å²) in [6.45, 7) is 3.06. The molecule has 2 aromatic carbocycles. The fourth-order valence-corrected chi connectivity index (χ4v) is 2.98. The van der Waals surface area contributed by atoms with Gasteiger partial charge in [0, 0.05) is 17.0 Å². The minimum Gasteiger partial charge on any atom is -0.348 e. The molecule has 0 amide bonds. The molecule has 0 aromatic heterocycles. The predicted molar refractivity (Wildman–Crippen MR) is 96.8 cm³/mol. The molecule has 0 radical (unpaired) electrons. The first-order valence-corrected chi connectivity index (χ1v) is 9.05. The first-order chi connectivity index (χ1) is 13.0. The van der Waals surface area contributed by atoms with Crippen LogP contribution in [0.25, 0.3) is 0 Å². The van der Waals surface area contributed by atoms with E-state index < -0.39 is 29.3 Å². The lowest BCUT2D eigenvalue weighted by Gasteiger charge is -2.29. The molecular weight excluding hydrogens is 377 g/mol. The van der Waals surface area contributed by atoms with E-state index in [-0.39, 0.29) is 16.1 Å². The van der Waals surface area contributed by atoms with Crippen molar-refractivity contribution >= 4 is 11.6 Å². The summed E-state index contributed by atoms with van der Waals surface area (Å²) in [6.07, 6.45) is 1.21. The van der Waals surface area contributed by atoms with Crippen molar-refractivity contribution in [2.75, 3.05) is 13.2 Å². The zero-order valence-corrected chi connectivity index (χ0v) is 15.5. The zero-order chi connectivity index (χ0) is 19.4. The van der Waals surface area contributed by atoms with E-state index in [1.165, 1.54) is 12.1 Å². The van der Waals surface area contributed by atoms with Crippen LogP contribution in [-0.2, 0) is 9.47 Å². The number of hydrogen-bond donors (Lipinski definition) is 0. The monoisotopic (exact) mass is 394 g/mol. The van der Waals surface area contributed by atoms with E-state index in [2.05, 4.69) is 18.8 Å². The van der Waals surface area contributed by atoms with E-state index in [9.17, 15) is 13.2 Å². The summed E-state index contributed by atoms with van der Waals surface area (Å²) >= 11 is 5.60. The van der Waals surface area contributed by atoms with Crippen molar-refractivity contribution in [3.05, 3.63) is 69.5 Å². The van der Waals surface area contributed by atoms with Crippen LogP contribution >= 0.6 is 11.6 Å². The second kappa shape index (κ2) is 8.79. The lowest BCUT2D eigenvalue weighted by Crippen LogP contribution is -2.27. The van der Waals surface area contributed by atoms with Crippen molar-refractivity contribution in [2.24, 2.45) is 5.92 Å². The van der Waals surface area contributed by atoms with E-state index in [4.69, 9.17) is 21.1 Å². The van der Waals surface area contributed by atoms with Gasteiger partial charge in [-0.3, -0.25) is 0 Å². The van der Waals surface area contributed by atoms with Gasteiger partial charge < -0.3 is 9.47 Å². The van der Waals surface area contributed by atoms with Gasteiger partial charge in [-0.2, -0.15) is 0 Å². The molecule has 0 bridgehead atoms. The Labute approximate surface area is 161 Å². The van der Waals surface area contributed by atoms with Crippen LogP contribution in [0.1, 0.15) is 42.7 Å². The average Bonchev–Trinajstić information content (AvgIpc) is 2.64. The lowest BCUT2D eigenvalue weighted by atomic mass is 10.0. The van der Waals surface area contributed by atoms with Crippen molar-refractivity contribution in [1.29, 1.82) is 0 Å². The van der Waals surface area contributed by atoms with E-state index in [1.54, 1.807) is 0 Å². The van der Waals surface area contributed by atoms with Crippen LogP contribution in [0, 0.1) is 35.2 Å². The number of halogens is 4. The molecule has 0 atom stereocenters. The predicted octanol–water partition coefficient (Wildman–Crippen LogP) is 5.62. The molecule has 27 heavy (non-hydrogen) atoms. The standard InChI is InChI=1S/C21H18ClF3O2/c1-2-3-14-11-26-21(27-12-14)15-9-18(23)16(19(24)10-15)6-4-13-5-7-17(22)20(25)8-13/h5,7-10,14,21H,2-3,11-12H2,1H3. The quantitative estimate of drug-likeness (QED) is 0.629. The van der Waals surface area contributed by atoms with Crippen molar-refractivity contribution in [2.45, 2.75) is 26.1 Å². The second-order valence-corrected chi connectivity index (χ2v) is 6.80. The third-order valence-corrected chi connectivity index (χ3v) is 4.56. The molecule has 0 N–H and O–H groups in total. The maximum atomic E-state index is 14.4. The Balaban J connectivity index is 1.78. The molecule has 2 aromatic rings. The van der Waals surface area contributed by atoms with E-state index in [1.807, 2.05) is 0 Å². The Morgan fingerprint density at radius 1 is 1.00 bits per heavy atom. The van der Waals surface area contributed by atoms with Crippen LogP contribution in [0.2, 0.25) is 5.02 Å². The summed E-state index contributed by atoms with van der Waals surface area (Å²) in [5.41, 5.74) is 0.137. The highest BCUT2D eigenvalue weighted by molar-refractivity contribution is 6.30. The summed E-state index contributed by atoms with van der Waals surface area (Å²) in [6, 6.07) is 6.22. The molecule has 1 aliphatic rings. The van der Waals surface area contributed by atoms with Crippen molar-refractivity contribution < 1.29 is 22.6 Å². The molecule has 1 aliphatic heterocycles. The third kappa shape index (κ3) is 4.84. The second-order valence-electron chi connectivity index (χ2n) is 6.39. The van der Waals surface area contributed by atoms with Crippen molar-refractivity contribution in [1.82, 2.24) is 0 Å². The molecule has 0 aliphatic carbocycles. The summed E-state index contributed by atoms with van der Waals surface area (Å²) in [5, 5.41) is -0.0454. The van der Waals surface area contributed by atoms with Gasteiger partial charge >= 0.3 is 0 Å². The molecule has 0 spiro atoms. The molecule has 2 nitrogen and oxygen atoms in total. The average molecular weight is 395 g/mol. The van der Waals surface area contributed by atoms with E-state index in [0.29, 0.717) is 19.1 Å². The Morgan fingerprint density at radius 3 is 2.26 bits per heavy atom. The number of hydrogen-bond acceptors (Lipinski definition) is 2. The summed E-state index contributed by atoms with van der Waals surface area (Å²) in [5.74, 6) is 2.95. The van der Waals surface area contributed by atoms with E-state index >= 15 is 0 Å². The van der Waals surface area contributed by atoms with Crippen molar-refractivity contribution in [3.63, 3.8) is 0 Å². The summed E-state index contributed by atoms with van der Waals surface area (Å²) in [7, 11) is 0. The van der Waals surface area contributed by atoms with Gasteiger partial charge in [-0.1, -0.05) is 36.8 Å². The normalized spacial score (nSPS) is 19.4. The summed E-state index contributed by atoms with van der Waals surface area (Å²) in [4.78, 5) is 0. The highest BCUT2D eigenvalue weighted by Gasteiger charge is 2.24. The number of rotatable bonds is 3. The molecular formula is C21H18ClF3O2. The van der Waals surface area contributed by atoms with Gasteiger partial charge in [-0.15, -0.1) is 0 Å². The van der Waals surface area contributed by atoms with Crippen LogP contribution in [0.3, 0.4) is 0 Å². The Morgan fingerprint density at radius 2 is 1.67 bits per heavy atom. The van der Waals surface area contributed by atoms with Gasteiger partial charge in [0.2, 0.25) is 0 Å². The topological polar surface area (TPSA) is 18.5 Å². The van der Waals surface area contributed by atoms with Crippen LogP contribution in [-0.4, -0.2) is 13.2 Å². The highest BCUT2D eigenvalue weighted by atomic mass is 35.5. The third-order valence-electron chi connectivity index (χ3n) is 4.25. The maximum absolute atomic E-state index is 14.4. The largest absolute Gasteiger partial charge is 0.348 e. The fraction of sp³-hybridized carbons (Fsp3) is 0.333. The zero-order valence-electron chi connectivity index (χ0n) is 14.7. The van der Waals surface area contributed by atoms with Crippen molar-refractivity contribution in [3.8, 4) is 11.8 Å². The van der Waals surface area contributed by atoms with Gasteiger partial charge in [0.25, 0.3) is 0 Å². The van der Waals surface area contributed by atoms with Gasteiger partial charge in [-0.25, -0.2) is 13.2 Å². The molecule has 1 saturated heterocycles. The molecule has 1 fully saturated rings. The van der Waals surface area contributed by atoms with Gasteiger partial charge in [0.15, 0.2) is 6.29 Å². The van der Waals surface area contributed by atoms with Crippen LogP contribution in [0.15, 0.2) is 30.3 Å².